The topological polar surface area (TPSA) is 0 Å². The summed E-state index contributed by atoms with van der Waals surface area (Å²) in [5.74, 6) is 6.44. The Morgan fingerprint density at radius 3 is 0.800 bits per heavy atom. The molecule has 196 valence electrons. The Morgan fingerprint density at radius 2 is 0.629 bits per heavy atom. The van der Waals surface area contributed by atoms with Crippen LogP contribution in [0.5, 0.6) is 0 Å². The molecule has 0 aromatic heterocycles. The fourth-order valence-corrected chi connectivity index (χ4v) is 13.8. The van der Waals surface area contributed by atoms with Crippen molar-refractivity contribution in [2.45, 2.75) is 111 Å². The van der Waals surface area contributed by atoms with Gasteiger partial charge in [0, 0.05) is 0 Å². The number of allylic oxidation sites excluding steroid dienone is 8. The van der Waals surface area contributed by atoms with E-state index in [0.29, 0.717) is 59.2 Å². The van der Waals surface area contributed by atoms with E-state index in [1.54, 1.807) is 33.4 Å². The summed E-state index contributed by atoms with van der Waals surface area (Å²) in [4.78, 5) is 0. The first-order valence-corrected chi connectivity index (χ1v) is 17.2. The molecule has 2 aliphatic rings. The second-order valence-corrected chi connectivity index (χ2v) is 17.1. The SMILES string of the molecule is CC(C)C1=[C]([Ca][C]2=C(C(C)C)C(C(C)C)=C(C(C)C)C2C(C)C)C(C(C)C)C(C(C)C)=C1C(C)C. The second-order valence-electron chi connectivity index (χ2n) is 14.2. The van der Waals surface area contributed by atoms with E-state index < -0.39 is 33.8 Å². The zero-order valence-corrected chi connectivity index (χ0v) is 28.7. The summed E-state index contributed by atoms with van der Waals surface area (Å²) in [6.07, 6.45) is 0. The van der Waals surface area contributed by atoms with Crippen LogP contribution in [-0.4, -0.2) is 33.8 Å². The van der Waals surface area contributed by atoms with Gasteiger partial charge in [-0.15, -0.1) is 0 Å². The van der Waals surface area contributed by atoms with E-state index in [-0.39, 0.29) is 0 Å². The van der Waals surface area contributed by atoms with Crippen molar-refractivity contribution in [3.63, 3.8) is 0 Å². The Labute approximate surface area is 238 Å². The van der Waals surface area contributed by atoms with Gasteiger partial charge in [-0.25, -0.2) is 0 Å². The molecule has 0 amide bonds. The van der Waals surface area contributed by atoms with Gasteiger partial charge in [-0.1, -0.05) is 0 Å². The molecule has 1 heteroatoms. The van der Waals surface area contributed by atoms with Crippen LogP contribution in [0.4, 0.5) is 0 Å². The Kier molecular flexibility index (Phi) is 11.1. The molecule has 0 bridgehead atoms. The Bertz CT molecular complexity index is 819. The molecule has 0 fully saturated rings. The van der Waals surface area contributed by atoms with Gasteiger partial charge >= 0.3 is 241 Å². The van der Waals surface area contributed by atoms with Crippen LogP contribution in [0, 0.1) is 59.2 Å². The average Bonchev–Trinajstić information content (AvgIpc) is 3.22. The van der Waals surface area contributed by atoms with Gasteiger partial charge in [0.15, 0.2) is 0 Å². The molecule has 0 saturated carbocycles. The molecule has 0 heterocycles. The molecule has 0 aliphatic heterocycles. The van der Waals surface area contributed by atoms with Crippen molar-refractivity contribution in [2.24, 2.45) is 59.2 Å². The van der Waals surface area contributed by atoms with Gasteiger partial charge in [0.25, 0.3) is 0 Å². The fraction of sp³-hybridized carbons (Fsp3) is 0.765. The van der Waals surface area contributed by atoms with Gasteiger partial charge in [0.1, 0.15) is 0 Å². The first-order chi connectivity index (χ1) is 16.1. The van der Waals surface area contributed by atoms with Gasteiger partial charge in [0.05, 0.1) is 0 Å². The van der Waals surface area contributed by atoms with Crippen LogP contribution < -0.4 is 0 Å². The normalized spacial score (nSPS) is 22.1. The van der Waals surface area contributed by atoms with Crippen LogP contribution >= 0.6 is 0 Å². The molecule has 0 spiro atoms. The summed E-state index contributed by atoms with van der Waals surface area (Å²) in [5.41, 5.74) is 10.7. The molecular formula is C34H58Ca. The van der Waals surface area contributed by atoms with E-state index in [1.807, 2.05) is 3.34 Å². The van der Waals surface area contributed by atoms with Crippen molar-refractivity contribution in [3.05, 3.63) is 36.8 Å². The fourth-order valence-electron chi connectivity index (χ4n) is 7.83. The third kappa shape index (κ3) is 6.11. The standard InChI is InChI=1S/2C17H29.Ca/c2*1-10(2)14-9-15(11(3)4)17(13(7)8)16(14)12(5)6;/h2*10-14H,1-8H3;. The van der Waals surface area contributed by atoms with Gasteiger partial charge in [-0.05, 0) is 0 Å². The molecular weight excluding hydrogens is 448 g/mol. The zero-order chi connectivity index (χ0) is 27.1. The maximum atomic E-state index is 2.50. The van der Waals surface area contributed by atoms with Crippen LogP contribution in [0.2, 0.25) is 0 Å². The molecule has 2 atom stereocenters. The van der Waals surface area contributed by atoms with Gasteiger partial charge < -0.3 is 0 Å². The second kappa shape index (κ2) is 12.4. The molecule has 2 unspecified atom stereocenters. The van der Waals surface area contributed by atoms with Crippen molar-refractivity contribution in [1.29, 1.82) is 0 Å². The number of hydrogen-bond donors (Lipinski definition) is 0. The van der Waals surface area contributed by atoms with E-state index in [2.05, 4.69) is 111 Å². The van der Waals surface area contributed by atoms with Crippen molar-refractivity contribution in [1.82, 2.24) is 0 Å². The van der Waals surface area contributed by atoms with Crippen molar-refractivity contribution < 1.29 is 0 Å². The number of rotatable bonds is 10. The summed E-state index contributed by atoms with van der Waals surface area (Å²) >= 11 is -1.19. The average molecular weight is 507 g/mol. The Hall–Kier alpha value is 0.220. The first kappa shape index (κ1) is 31.4. The van der Waals surface area contributed by atoms with E-state index >= 15 is 0 Å². The summed E-state index contributed by atoms with van der Waals surface area (Å²) in [6, 6.07) is 0. The predicted octanol–water partition coefficient (Wildman–Crippen LogP) is 10.3. The molecule has 0 saturated heterocycles. The van der Waals surface area contributed by atoms with Gasteiger partial charge in [0.2, 0.25) is 0 Å². The molecule has 0 radical (unpaired) electrons. The third-order valence-electron chi connectivity index (χ3n) is 8.58. The molecule has 0 aromatic carbocycles. The first-order valence-electron chi connectivity index (χ1n) is 15.0. The third-order valence-corrected chi connectivity index (χ3v) is 12.3. The van der Waals surface area contributed by atoms with Crippen molar-refractivity contribution in [2.75, 3.05) is 0 Å². The van der Waals surface area contributed by atoms with Crippen molar-refractivity contribution in [3.8, 4) is 0 Å². The van der Waals surface area contributed by atoms with Crippen LogP contribution in [-0.2, 0) is 0 Å². The molecule has 0 aromatic rings. The number of hydrogen-bond acceptors (Lipinski definition) is 0. The van der Waals surface area contributed by atoms with Crippen LogP contribution in [0.15, 0.2) is 36.8 Å². The van der Waals surface area contributed by atoms with E-state index in [9.17, 15) is 0 Å². The summed E-state index contributed by atoms with van der Waals surface area (Å²) in [6.45, 7) is 39.6. The zero-order valence-electron chi connectivity index (χ0n) is 26.5. The monoisotopic (exact) mass is 506 g/mol. The van der Waals surface area contributed by atoms with E-state index in [0.717, 1.165) is 0 Å². The molecule has 2 aliphatic carbocycles. The predicted molar refractivity (Wildman–Crippen MR) is 160 cm³/mol. The molecule has 2 rings (SSSR count). The Morgan fingerprint density at radius 1 is 0.371 bits per heavy atom. The molecule has 0 nitrogen and oxygen atoms in total. The summed E-state index contributed by atoms with van der Waals surface area (Å²) in [7, 11) is 0. The quantitative estimate of drug-likeness (QED) is 0.258. The summed E-state index contributed by atoms with van der Waals surface area (Å²) < 4.78 is 3.92. The summed E-state index contributed by atoms with van der Waals surface area (Å²) in [5, 5.41) is 0. The van der Waals surface area contributed by atoms with Crippen LogP contribution in [0.3, 0.4) is 0 Å². The Balaban J connectivity index is 2.89. The minimum absolute atomic E-state index is 0.615. The van der Waals surface area contributed by atoms with E-state index in [1.165, 1.54) is 0 Å². The van der Waals surface area contributed by atoms with Crippen LogP contribution in [0.25, 0.3) is 0 Å². The van der Waals surface area contributed by atoms with E-state index in [4.69, 9.17) is 0 Å². The van der Waals surface area contributed by atoms with Gasteiger partial charge in [-0.3, -0.25) is 0 Å². The maximum absolute atomic E-state index is 2.50. The molecule has 0 N–H and O–H groups in total. The minimum atomic E-state index is -1.19. The van der Waals surface area contributed by atoms with Crippen LogP contribution in [0.1, 0.15) is 111 Å². The van der Waals surface area contributed by atoms with Gasteiger partial charge in [-0.2, -0.15) is 0 Å². The van der Waals surface area contributed by atoms with Crippen molar-refractivity contribution >= 4 is 33.8 Å². The molecule has 35 heavy (non-hydrogen) atoms.